The van der Waals surface area contributed by atoms with E-state index in [1.165, 1.54) is 24.6 Å². The number of nitrogens with zero attached hydrogens (tertiary/aromatic N) is 1. The van der Waals surface area contributed by atoms with Crippen molar-refractivity contribution in [2.45, 2.75) is 25.8 Å². The van der Waals surface area contributed by atoms with Gasteiger partial charge in [0.1, 0.15) is 5.82 Å². The molecule has 3 rings (SSSR count). The molecule has 1 unspecified atom stereocenters. The topological polar surface area (TPSA) is 15.3 Å². The first-order valence-electron chi connectivity index (χ1n) is 7.60. The summed E-state index contributed by atoms with van der Waals surface area (Å²) in [5.74, 6) is -0.161. The second-order valence-corrected chi connectivity index (χ2v) is 5.63. The van der Waals surface area contributed by atoms with E-state index in [2.05, 4.69) is 34.5 Å². The zero-order valence-corrected chi connectivity index (χ0v) is 12.3. The van der Waals surface area contributed by atoms with Crippen molar-refractivity contribution in [2.24, 2.45) is 0 Å². The van der Waals surface area contributed by atoms with Crippen LogP contribution in [0.3, 0.4) is 0 Å². The summed E-state index contributed by atoms with van der Waals surface area (Å²) in [6.45, 7) is 4.28. The number of nitrogens with one attached hydrogen (secondary N) is 1. The Morgan fingerprint density at radius 1 is 1.00 bits per heavy atom. The third-order valence-corrected chi connectivity index (χ3v) is 4.09. The van der Waals surface area contributed by atoms with E-state index in [1.807, 2.05) is 19.1 Å². The molecule has 1 heterocycles. The van der Waals surface area contributed by atoms with Crippen molar-refractivity contribution in [3.63, 3.8) is 0 Å². The standard InChI is InChI=1S/C18H21FN2/c1-14(17-6-2-3-7-18(17)19)20-15-8-10-16(11-9-15)21-12-4-5-13-21/h2-3,6-11,14,20H,4-5,12-13H2,1H3. The average molecular weight is 284 g/mol. The first-order chi connectivity index (χ1) is 10.2. The molecule has 1 aliphatic heterocycles. The Morgan fingerprint density at radius 2 is 1.67 bits per heavy atom. The summed E-state index contributed by atoms with van der Waals surface area (Å²) >= 11 is 0. The molecule has 1 atom stereocenters. The Morgan fingerprint density at radius 3 is 2.33 bits per heavy atom. The van der Waals surface area contributed by atoms with Crippen LogP contribution >= 0.6 is 0 Å². The lowest BCUT2D eigenvalue weighted by molar-refractivity contribution is 0.600. The molecule has 1 N–H and O–H groups in total. The van der Waals surface area contributed by atoms with Crippen LogP contribution in [0.5, 0.6) is 0 Å². The van der Waals surface area contributed by atoms with Crippen LogP contribution in [-0.2, 0) is 0 Å². The van der Waals surface area contributed by atoms with Crippen LogP contribution in [0, 0.1) is 5.82 Å². The van der Waals surface area contributed by atoms with Gasteiger partial charge in [0.25, 0.3) is 0 Å². The fourth-order valence-electron chi connectivity index (χ4n) is 2.90. The smallest absolute Gasteiger partial charge is 0.128 e. The summed E-state index contributed by atoms with van der Waals surface area (Å²) in [7, 11) is 0. The van der Waals surface area contributed by atoms with E-state index in [0.29, 0.717) is 5.56 Å². The Balaban J connectivity index is 1.69. The lowest BCUT2D eigenvalue weighted by Gasteiger charge is -2.20. The zero-order valence-electron chi connectivity index (χ0n) is 12.3. The number of hydrogen-bond acceptors (Lipinski definition) is 2. The zero-order chi connectivity index (χ0) is 14.7. The molecule has 2 aromatic carbocycles. The van der Waals surface area contributed by atoms with Gasteiger partial charge in [0.15, 0.2) is 0 Å². The highest BCUT2D eigenvalue weighted by Gasteiger charge is 2.13. The van der Waals surface area contributed by atoms with Crippen molar-refractivity contribution < 1.29 is 4.39 Å². The van der Waals surface area contributed by atoms with E-state index in [4.69, 9.17) is 0 Å². The van der Waals surface area contributed by atoms with Crippen molar-refractivity contribution in [2.75, 3.05) is 23.3 Å². The fourth-order valence-corrected chi connectivity index (χ4v) is 2.90. The van der Waals surface area contributed by atoms with E-state index in [1.54, 1.807) is 6.07 Å². The summed E-state index contributed by atoms with van der Waals surface area (Å²) in [5, 5.41) is 3.36. The highest BCUT2D eigenvalue weighted by Crippen LogP contribution is 2.25. The second kappa shape index (κ2) is 6.17. The van der Waals surface area contributed by atoms with Crippen molar-refractivity contribution >= 4 is 11.4 Å². The minimum atomic E-state index is -0.161. The van der Waals surface area contributed by atoms with E-state index in [9.17, 15) is 4.39 Å². The van der Waals surface area contributed by atoms with E-state index in [0.717, 1.165) is 18.8 Å². The molecule has 1 saturated heterocycles. The van der Waals surface area contributed by atoms with Crippen molar-refractivity contribution in [3.8, 4) is 0 Å². The third kappa shape index (κ3) is 3.18. The average Bonchev–Trinajstić information content (AvgIpc) is 3.02. The van der Waals surface area contributed by atoms with Gasteiger partial charge in [0.05, 0.1) is 6.04 Å². The Hall–Kier alpha value is -2.03. The number of hydrogen-bond donors (Lipinski definition) is 1. The van der Waals surface area contributed by atoms with Crippen LogP contribution in [0.15, 0.2) is 48.5 Å². The molecule has 0 aliphatic carbocycles. The number of anilines is 2. The SMILES string of the molecule is CC(Nc1ccc(N2CCCC2)cc1)c1ccccc1F. The first kappa shape index (κ1) is 13.9. The normalized spacial score (nSPS) is 16.0. The van der Waals surface area contributed by atoms with Crippen molar-refractivity contribution in [3.05, 3.63) is 59.9 Å². The van der Waals surface area contributed by atoms with Crippen LogP contribution in [0.4, 0.5) is 15.8 Å². The van der Waals surface area contributed by atoms with Crippen LogP contribution in [-0.4, -0.2) is 13.1 Å². The van der Waals surface area contributed by atoms with Gasteiger partial charge < -0.3 is 10.2 Å². The third-order valence-electron chi connectivity index (χ3n) is 4.09. The highest BCUT2D eigenvalue weighted by molar-refractivity contribution is 5.56. The first-order valence-corrected chi connectivity index (χ1v) is 7.60. The maximum absolute atomic E-state index is 13.8. The van der Waals surface area contributed by atoms with Gasteiger partial charge in [0, 0.05) is 30.0 Å². The minimum Gasteiger partial charge on any atom is -0.378 e. The molecule has 0 bridgehead atoms. The fraction of sp³-hybridized carbons (Fsp3) is 0.333. The summed E-state index contributed by atoms with van der Waals surface area (Å²) in [5.41, 5.74) is 2.99. The Bertz CT molecular complexity index is 588. The molecular weight excluding hydrogens is 263 g/mol. The Labute approximate surface area is 125 Å². The van der Waals surface area contributed by atoms with Gasteiger partial charge in [-0.2, -0.15) is 0 Å². The number of benzene rings is 2. The maximum Gasteiger partial charge on any atom is 0.128 e. The minimum absolute atomic E-state index is 0.0520. The van der Waals surface area contributed by atoms with Crippen LogP contribution in [0.2, 0.25) is 0 Å². The van der Waals surface area contributed by atoms with Crippen LogP contribution in [0.1, 0.15) is 31.4 Å². The summed E-state index contributed by atoms with van der Waals surface area (Å²) < 4.78 is 13.8. The molecule has 3 heteroatoms. The molecule has 0 amide bonds. The van der Waals surface area contributed by atoms with Gasteiger partial charge in [0.2, 0.25) is 0 Å². The number of halogens is 1. The lowest BCUT2D eigenvalue weighted by atomic mass is 10.1. The highest BCUT2D eigenvalue weighted by atomic mass is 19.1. The molecule has 21 heavy (non-hydrogen) atoms. The quantitative estimate of drug-likeness (QED) is 0.882. The Kier molecular flexibility index (Phi) is 4.09. The molecule has 2 aromatic rings. The number of rotatable bonds is 4. The van der Waals surface area contributed by atoms with E-state index < -0.39 is 0 Å². The van der Waals surface area contributed by atoms with Crippen LogP contribution in [0.25, 0.3) is 0 Å². The molecule has 2 nitrogen and oxygen atoms in total. The monoisotopic (exact) mass is 284 g/mol. The van der Waals surface area contributed by atoms with E-state index in [-0.39, 0.29) is 11.9 Å². The van der Waals surface area contributed by atoms with Gasteiger partial charge in [-0.3, -0.25) is 0 Å². The largest absolute Gasteiger partial charge is 0.378 e. The van der Waals surface area contributed by atoms with Gasteiger partial charge in [-0.05, 0) is 50.1 Å². The van der Waals surface area contributed by atoms with Crippen molar-refractivity contribution in [1.29, 1.82) is 0 Å². The molecule has 110 valence electrons. The molecule has 0 spiro atoms. The van der Waals surface area contributed by atoms with Gasteiger partial charge in [-0.1, -0.05) is 18.2 Å². The summed E-state index contributed by atoms with van der Waals surface area (Å²) in [4.78, 5) is 2.41. The van der Waals surface area contributed by atoms with Crippen molar-refractivity contribution in [1.82, 2.24) is 0 Å². The predicted molar refractivity (Wildman–Crippen MR) is 86.3 cm³/mol. The molecule has 0 saturated carbocycles. The summed E-state index contributed by atoms with van der Waals surface area (Å²) in [6.07, 6.45) is 2.56. The van der Waals surface area contributed by atoms with Crippen LogP contribution < -0.4 is 10.2 Å². The molecule has 1 fully saturated rings. The second-order valence-electron chi connectivity index (χ2n) is 5.63. The summed E-state index contributed by atoms with van der Waals surface area (Å²) in [6, 6.07) is 15.3. The van der Waals surface area contributed by atoms with E-state index >= 15 is 0 Å². The predicted octanol–water partition coefficient (Wildman–Crippen LogP) is 4.60. The van der Waals surface area contributed by atoms with Gasteiger partial charge in [-0.15, -0.1) is 0 Å². The molecular formula is C18H21FN2. The van der Waals surface area contributed by atoms with Gasteiger partial charge >= 0.3 is 0 Å². The maximum atomic E-state index is 13.8. The van der Waals surface area contributed by atoms with Gasteiger partial charge in [-0.25, -0.2) is 4.39 Å². The lowest BCUT2D eigenvalue weighted by Crippen LogP contribution is -2.17. The molecule has 0 aromatic heterocycles. The molecule has 1 aliphatic rings. The molecule has 0 radical (unpaired) electrons.